The number of ketones is 1. The van der Waals surface area contributed by atoms with E-state index in [2.05, 4.69) is 40.4 Å². The van der Waals surface area contributed by atoms with Gasteiger partial charge in [-0.2, -0.15) is 14.7 Å². The molecule has 7 rings (SSSR count). The fraction of sp³-hybridized carbons (Fsp3) is 0.355. The van der Waals surface area contributed by atoms with Gasteiger partial charge >= 0.3 is 0 Å². The molecule has 5 N–H and O–H groups in total. The Labute approximate surface area is 242 Å². The number of hydrogen-bond donors (Lipinski definition) is 3. The number of rotatable bonds is 5. The van der Waals surface area contributed by atoms with E-state index >= 15 is 0 Å². The smallest absolute Gasteiger partial charge is 0.259 e. The average Bonchev–Trinajstić information content (AvgIpc) is 3.68. The first-order valence-corrected chi connectivity index (χ1v) is 14.4. The number of piperidine rings is 1. The number of Topliss-reactive ketones (excluding diaryl/α,β-unsaturated/α-hetero) is 1. The molecule has 1 aromatic carbocycles. The Hall–Kier alpha value is -4.80. The molecule has 0 saturated carbocycles. The molecule has 11 nitrogen and oxygen atoms in total. The maximum Gasteiger partial charge on any atom is 0.259 e. The van der Waals surface area contributed by atoms with Gasteiger partial charge in [-0.05, 0) is 51.5 Å². The summed E-state index contributed by atoms with van der Waals surface area (Å²) < 4.78 is 1.56. The summed E-state index contributed by atoms with van der Waals surface area (Å²) in [6.07, 6.45) is 11.2. The number of fused-ring (bicyclic) bond motifs is 3. The number of carbonyl (C=O) groups excluding carboxylic acids is 2. The van der Waals surface area contributed by atoms with Crippen LogP contribution in [0, 0.1) is 0 Å². The zero-order chi connectivity index (χ0) is 29.2. The molecule has 3 unspecified atom stereocenters. The third-order valence-electron chi connectivity index (χ3n) is 9.23. The molecule has 6 heterocycles. The molecule has 3 aromatic heterocycles. The van der Waals surface area contributed by atoms with Crippen LogP contribution < -0.4 is 11.5 Å². The summed E-state index contributed by atoms with van der Waals surface area (Å²) in [5, 5.41) is 11.1. The number of carbonyl (C=O) groups is 2. The van der Waals surface area contributed by atoms with Gasteiger partial charge in [0.2, 0.25) is 0 Å². The third kappa shape index (κ3) is 4.02. The summed E-state index contributed by atoms with van der Waals surface area (Å²) >= 11 is 0. The Morgan fingerprint density at radius 2 is 1.81 bits per heavy atom. The van der Waals surface area contributed by atoms with E-state index in [4.69, 9.17) is 21.4 Å². The molecular weight excluding hydrogens is 530 g/mol. The van der Waals surface area contributed by atoms with Crippen molar-refractivity contribution in [2.24, 2.45) is 4.99 Å². The van der Waals surface area contributed by atoms with Gasteiger partial charge in [0.15, 0.2) is 11.4 Å². The second-order valence-electron chi connectivity index (χ2n) is 11.8. The van der Waals surface area contributed by atoms with Gasteiger partial charge in [-0.15, -0.1) is 0 Å². The van der Waals surface area contributed by atoms with Crippen LogP contribution >= 0.6 is 0 Å². The molecule has 0 radical (unpaired) electrons. The van der Waals surface area contributed by atoms with Crippen LogP contribution in [-0.2, 0) is 5.54 Å². The molecule has 2 saturated heterocycles. The summed E-state index contributed by atoms with van der Waals surface area (Å²) in [5.41, 5.74) is 17.2. The number of allylic oxidation sites excluding steroid dienone is 1. The van der Waals surface area contributed by atoms with Crippen molar-refractivity contribution in [1.82, 2.24) is 29.7 Å². The number of hydrogen-bond acceptors (Lipinski definition) is 8. The predicted octanol–water partition coefficient (Wildman–Crippen LogP) is 4.14. The van der Waals surface area contributed by atoms with Gasteiger partial charge in [-0.3, -0.25) is 19.7 Å². The van der Waals surface area contributed by atoms with Crippen molar-refractivity contribution in [3.05, 3.63) is 76.7 Å². The van der Waals surface area contributed by atoms with E-state index in [0.717, 1.165) is 36.0 Å². The van der Waals surface area contributed by atoms with Crippen molar-refractivity contribution >= 4 is 40.8 Å². The molecule has 2 fully saturated rings. The minimum Gasteiger partial charge on any atom is -0.383 e. The van der Waals surface area contributed by atoms with Crippen LogP contribution in [0.3, 0.4) is 0 Å². The Morgan fingerprint density at radius 1 is 1.07 bits per heavy atom. The summed E-state index contributed by atoms with van der Waals surface area (Å²) in [4.78, 5) is 38.3. The lowest BCUT2D eigenvalue weighted by molar-refractivity contribution is 0.0569. The van der Waals surface area contributed by atoms with Gasteiger partial charge in [0.05, 0.1) is 29.2 Å². The lowest BCUT2D eigenvalue weighted by Crippen LogP contribution is -2.46. The van der Waals surface area contributed by atoms with Gasteiger partial charge in [0, 0.05) is 35.4 Å². The largest absolute Gasteiger partial charge is 0.383 e. The number of aromatic nitrogens is 5. The van der Waals surface area contributed by atoms with E-state index in [0.29, 0.717) is 35.3 Å². The van der Waals surface area contributed by atoms with Crippen molar-refractivity contribution in [3.63, 3.8) is 0 Å². The van der Waals surface area contributed by atoms with Crippen LogP contribution in [0.2, 0.25) is 0 Å². The normalized spacial score (nSPS) is 25.1. The molecular formula is C31H33N9O2. The highest BCUT2D eigenvalue weighted by molar-refractivity contribution is 6.13. The number of amides is 1. The van der Waals surface area contributed by atoms with E-state index in [1.54, 1.807) is 10.7 Å². The SMILES string of the molecule is CC(=O)c1c(C2CC3CC[C@@H](C2)N3C(=O)c2cn[nH]c2N)nc2c(C3=CCC(C)(c4ccccc4)N=C3)cnn2c1N. The molecule has 0 spiro atoms. The van der Waals surface area contributed by atoms with Crippen LogP contribution in [0.15, 0.2) is 53.8 Å². The monoisotopic (exact) mass is 563 g/mol. The van der Waals surface area contributed by atoms with Crippen molar-refractivity contribution in [1.29, 1.82) is 0 Å². The standard InChI is InChI=1S/C31H33N9O2/c1-17(41)25-26(19-12-21-8-9-22(13-19)39(21)30(42)24-15-35-38-27(24)32)37-29-23(16-36-40(29)28(25)33)18-10-11-31(2,34-14-18)20-6-4-3-5-7-20/h3-7,10,14-16,19,21-22H,8-9,11-13,33H2,1-2H3,(H3,32,35,38)/t19?,21-,22?,31?/m0/s1. The molecule has 4 atom stereocenters. The number of anilines is 2. The number of nitrogens with two attached hydrogens (primary N) is 2. The zero-order valence-electron chi connectivity index (χ0n) is 23.6. The van der Waals surface area contributed by atoms with Crippen molar-refractivity contribution in [3.8, 4) is 0 Å². The van der Waals surface area contributed by atoms with Crippen LogP contribution in [0.5, 0.6) is 0 Å². The average molecular weight is 564 g/mol. The number of aliphatic imine (C=N–C) groups is 1. The molecule has 2 bridgehead atoms. The van der Waals surface area contributed by atoms with Gasteiger partial charge < -0.3 is 16.4 Å². The number of H-pyrrole nitrogens is 1. The molecule has 42 heavy (non-hydrogen) atoms. The molecule has 0 aliphatic carbocycles. The lowest BCUT2D eigenvalue weighted by atomic mass is 9.85. The summed E-state index contributed by atoms with van der Waals surface area (Å²) in [6, 6.07) is 10.3. The van der Waals surface area contributed by atoms with Crippen LogP contribution in [0.25, 0.3) is 11.2 Å². The topological polar surface area (TPSA) is 161 Å². The predicted molar refractivity (Wildman–Crippen MR) is 160 cm³/mol. The van der Waals surface area contributed by atoms with E-state index in [9.17, 15) is 9.59 Å². The van der Waals surface area contributed by atoms with Crippen LogP contribution in [0.4, 0.5) is 11.6 Å². The van der Waals surface area contributed by atoms with Gasteiger partial charge in [0.25, 0.3) is 5.91 Å². The number of nitrogens with one attached hydrogen (secondary N) is 1. The Morgan fingerprint density at radius 3 is 2.43 bits per heavy atom. The van der Waals surface area contributed by atoms with Gasteiger partial charge in [-0.1, -0.05) is 36.4 Å². The summed E-state index contributed by atoms with van der Waals surface area (Å²) in [7, 11) is 0. The van der Waals surface area contributed by atoms with E-state index in [1.165, 1.54) is 13.1 Å². The number of benzene rings is 1. The van der Waals surface area contributed by atoms with E-state index in [-0.39, 0.29) is 46.9 Å². The number of dihydropyridines is 1. The number of nitrogen functional groups attached to an aromatic ring is 2. The summed E-state index contributed by atoms with van der Waals surface area (Å²) in [5.74, 6) is 0.276. The Kier molecular flexibility index (Phi) is 6.00. The highest BCUT2D eigenvalue weighted by atomic mass is 16.2. The van der Waals surface area contributed by atoms with Gasteiger partial charge in [-0.25, -0.2) is 4.98 Å². The van der Waals surface area contributed by atoms with E-state index in [1.807, 2.05) is 29.3 Å². The minimum atomic E-state index is -0.348. The van der Waals surface area contributed by atoms with E-state index < -0.39 is 0 Å². The van der Waals surface area contributed by atoms with Crippen LogP contribution in [-0.4, -0.2) is 59.7 Å². The lowest BCUT2D eigenvalue weighted by Gasteiger charge is -2.39. The molecule has 214 valence electrons. The molecule has 11 heteroatoms. The van der Waals surface area contributed by atoms with Crippen molar-refractivity contribution in [2.45, 2.75) is 69.5 Å². The van der Waals surface area contributed by atoms with Crippen molar-refractivity contribution in [2.75, 3.05) is 11.5 Å². The molecule has 1 amide bonds. The molecule has 3 aliphatic rings. The Balaban J connectivity index is 1.23. The first-order chi connectivity index (χ1) is 20.2. The Bertz CT molecular complexity index is 1770. The fourth-order valence-corrected chi connectivity index (χ4v) is 7.03. The number of aromatic amines is 1. The maximum absolute atomic E-state index is 13.4. The maximum atomic E-state index is 13.4. The van der Waals surface area contributed by atoms with Crippen LogP contribution in [0.1, 0.15) is 89.4 Å². The summed E-state index contributed by atoms with van der Waals surface area (Å²) in [6.45, 7) is 3.64. The zero-order valence-corrected chi connectivity index (χ0v) is 23.6. The highest BCUT2D eigenvalue weighted by Crippen LogP contribution is 2.45. The first kappa shape index (κ1) is 26.1. The molecule has 3 aliphatic heterocycles. The number of nitrogens with zero attached hydrogens (tertiary/aromatic N) is 6. The highest BCUT2D eigenvalue weighted by Gasteiger charge is 2.45. The quantitative estimate of drug-likeness (QED) is 0.308. The van der Waals surface area contributed by atoms with Crippen molar-refractivity contribution < 1.29 is 9.59 Å². The van der Waals surface area contributed by atoms with Gasteiger partial charge in [0.1, 0.15) is 17.2 Å². The minimum absolute atomic E-state index is 0.0165. The second-order valence-corrected chi connectivity index (χ2v) is 11.8. The molecule has 4 aromatic rings. The third-order valence-corrected chi connectivity index (χ3v) is 9.23. The first-order valence-electron chi connectivity index (χ1n) is 14.4. The fourth-order valence-electron chi connectivity index (χ4n) is 7.03. The second kappa shape index (κ2) is 9.64.